The second kappa shape index (κ2) is 5.44. The Labute approximate surface area is 97.9 Å². The van der Waals surface area contributed by atoms with Crippen LogP contribution in [0.5, 0.6) is 0 Å². The van der Waals surface area contributed by atoms with Gasteiger partial charge in [0, 0.05) is 5.02 Å². The Balaban J connectivity index is 3.10. The van der Waals surface area contributed by atoms with Crippen LogP contribution in [0.4, 0.5) is 11.7 Å². The van der Waals surface area contributed by atoms with Crippen molar-refractivity contribution in [3.8, 4) is 0 Å². The first-order valence-corrected chi connectivity index (χ1v) is 5.86. The van der Waals surface area contributed by atoms with E-state index in [-0.39, 0.29) is 5.56 Å². The highest BCUT2D eigenvalue weighted by Crippen LogP contribution is 2.56. The van der Waals surface area contributed by atoms with Crippen LogP contribution in [0.3, 0.4) is 0 Å². The van der Waals surface area contributed by atoms with Gasteiger partial charge in [0.1, 0.15) is 0 Å². The fourth-order valence-electron chi connectivity index (χ4n) is 0.848. The second-order valence-corrected chi connectivity index (χ2v) is 5.81. The molecule has 0 aliphatic carbocycles. The Morgan fingerprint density at radius 2 is 1.64 bits per heavy atom. The molecule has 1 rings (SSSR count). The number of benzene rings is 1. The molecule has 0 saturated carbocycles. The molecule has 0 fully saturated rings. The second-order valence-electron chi connectivity index (χ2n) is 2.30. The Morgan fingerprint density at radius 1 is 1.07 bits per heavy atom. The predicted molar refractivity (Wildman–Crippen MR) is 59.2 cm³/mol. The maximum atomic E-state index is 12.5. The van der Waals surface area contributed by atoms with Crippen molar-refractivity contribution in [1.82, 2.24) is 0 Å². The van der Waals surface area contributed by atoms with E-state index in [0.717, 1.165) is 0 Å². The highest BCUT2D eigenvalue weighted by Gasteiger charge is 2.39. The average molecular weight is 277 g/mol. The summed E-state index contributed by atoms with van der Waals surface area (Å²) in [6, 6.07) is 5.80. The molecule has 0 saturated heterocycles. The van der Waals surface area contributed by atoms with Gasteiger partial charge in [0.05, 0.1) is 36.4 Å². The van der Waals surface area contributed by atoms with Crippen LogP contribution in [0, 0.1) is 0 Å². The van der Waals surface area contributed by atoms with E-state index < -0.39 is 39.9 Å². The largest absolute Gasteiger partial charge is 0.224 e. The first-order chi connectivity index (χ1) is 6.68. The standard InChI is InChI=1S/C7H4ClF3S3/c8-6-3-1-2-5(4-6)7(12-9,13-10)14-11/h1-4H. The van der Waals surface area contributed by atoms with E-state index in [2.05, 4.69) is 0 Å². The van der Waals surface area contributed by atoms with Crippen molar-refractivity contribution in [2.24, 2.45) is 0 Å². The normalized spacial score (nSPS) is 11.7. The van der Waals surface area contributed by atoms with Crippen molar-refractivity contribution in [3.63, 3.8) is 0 Å². The van der Waals surface area contributed by atoms with Gasteiger partial charge in [0.2, 0.25) is 3.41 Å². The summed E-state index contributed by atoms with van der Waals surface area (Å²) in [5.41, 5.74) is 0.150. The molecule has 0 unspecified atom stereocenters. The summed E-state index contributed by atoms with van der Waals surface area (Å²) >= 11 is 4.42. The Bertz CT molecular complexity index is 298. The molecule has 0 aromatic heterocycles. The van der Waals surface area contributed by atoms with E-state index in [1.165, 1.54) is 18.2 Å². The van der Waals surface area contributed by atoms with Crippen LogP contribution >= 0.6 is 48.0 Å². The van der Waals surface area contributed by atoms with Crippen LogP contribution < -0.4 is 0 Å². The molecule has 1 aromatic rings. The maximum Gasteiger partial charge on any atom is 0.224 e. The molecule has 7 heteroatoms. The third-order valence-corrected chi connectivity index (χ3v) is 4.17. The monoisotopic (exact) mass is 276 g/mol. The fraction of sp³-hybridized carbons (Fsp3) is 0.143. The van der Waals surface area contributed by atoms with Gasteiger partial charge in [-0.25, -0.2) is 0 Å². The molecule has 1 aromatic carbocycles. The van der Waals surface area contributed by atoms with Gasteiger partial charge in [0.25, 0.3) is 0 Å². The molecule has 14 heavy (non-hydrogen) atoms. The molecular formula is C7H4ClF3S3. The van der Waals surface area contributed by atoms with Gasteiger partial charge in [0.15, 0.2) is 0 Å². The number of hydrogen-bond acceptors (Lipinski definition) is 3. The first kappa shape index (κ1) is 12.4. The minimum atomic E-state index is -1.93. The van der Waals surface area contributed by atoms with Gasteiger partial charge in [-0.15, -0.1) is 0 Å². The molecule has 0 aliphatic heterocycles. The summed E-state index contributed by atoms with van der Waals surface area (Å²) in [4.78, 5) is 0. The van der Waals surface area contributed by atoms with Gasteiger partial charge >= 0.3 is 0 Å². The molecule has 0 bridgehead atoms. The van der Waals surface area contributed by atoms with Crippen molar-refractivity contribution in [2.75, 3.05) is 0 Å². The fourth-order valence-corrected chi connectivity index (χ4v) is 1.97. The Morgan fingerprint density at radius 3 is 2.07 bits per heavy atom. The molecule has 0 aliphatic rings. The zero-order valence-corrected chi connectivity index (χ0v) is 9.75. The average Bonchev–Trinajstić information content (AvgIpc) is 2.22. The van der Waals surface area contributed by atoms with E-state index >= 15 is 0 Å². The lowest BCUT2D eigenvalue weighted by Crippen LogP contribution is -2.07. The molecule has 78 valence electrons. The van der Waals surface area contributed by atoms with Crippen LogP contribution in [-0.2, 0) is 3.41 Å². The molecule has 0 radical (unpaired) electrons. The SMILES string of the molecule is FSC(SF)(SF)c1cccc(Cl)c1. The topological polar surface area (TPSA) is 0 Å². The Hall–Kier alpha value is 0.350. The zero-order chi connectivity index (χ0) is 10.6. The summed E-state index contributed by atoms with van der Waals surface area (Å²) in [6.45, 7) is 0. The molecule has 0 N–H and O–H groups in total. The lowest BCUT2D eigenvalue weighted by atomic mass is 10.2. The molecular weight excluding hydrogens is 273 g/mol. The van der Waals surface area contributed by atoms with Crippen molar-refractivity contribution >= 4 is 48.0 Å². The predicted octanol–water partition coefficient (Wildman–Crippen LogP) is 5.30. The highest BCUT2D eigenvalue weighted by molar-refractivity contribution is 8.28. The van der Waals surface area contributed by atoms with Crippen molar-refractivity contribution in [3.05, 3.63) is 34.9 Å². The first-order valence-electron chi connectivity index (χ1n) is 3.34. The van der Waals surface area contributed by atoms with E-state index in [1.54, 1.807) is 6.07 Å². The minimum Gasteiger partial charge on any atom is -0.162 e. The lowest BCUT2D eigenvalue weighted by Gasteiger charge is -2.19. The molecule has 0 spiro atoms. The molecule has 0 atom stereocenters. The van der Waals surface area contributed by atoms with Gasteiger partial charge in [-0.3, -0.25) is 0 Å². The van der Waals surface area contributed by atoms with Gasteiger partial charge in [-0.05, 0) is 17.7 Å². The Kier molecular flexibility index (Phi) is 4.82. The number of halogens is 4. The smallest absolute Gasteiger partial charge is 0.162 e. The molecule has 0 nitrogen and oxygen atoms in total. The van der Waals surface area contributed by atoms with Crippen LogP contribution in [0.2, 0.25) is 5.02 Å². The van der Waals surface area contributed by atoms with Crippen LogP contribution in [-0.4, -0.2) is 0 Å². The third kappa shape index (κ3) is 2.48. The van der Waals surface area contributed by atoms with Crippen molar-refractivity contribution in [1.29, 1.82) is 0 Å². The molecule has 0 heterocycles. The summed E-state index contributed by atoms with van der Waals surface area (Å²) in [6.07, 6.45) is 0. The third-order valence-electron chi connectivity index (χ3n) is 1.48. The van der Waals surface area contributed by atoms with E-state index in [9.17, 15) is 11.7 Å². The van der Waals surface area contributed by atoms with Crippen molar-refractivity contribution in [2.45, 2.75) is 3.41 Å². The number of rotatable bonds is 4. The van der Waals surface area contributed by atoms with E-state index in [1.807, 2.05) is 0 Å². The maximum absolute atomic E-state index is 12.5. The van der Waals surface area contributed by atoms with E-state index in [4.69, 9.17) is 11.6 Å². The molecule has 0 amide bonds. The van der Waals surface area contributed by atoms with Crippen LogP contribution in [0.15, 0.2) is 24.3 Å². The summed E-state index contributed by atoms with van der Waals surface area (Å²) in [5.74, 6) is 0. The van der Waals surface area contributed by atoms with Gasteiger partial charge < -0.3 is 0 Å². The zero-order valence-electron chi connectivity index (χ0n) is 6.55. The van der Waals surface area contributed by atoms with Crippen LogP contribution in [0.25, 0.3) is 0 Å². The quantitative estimate of drug-likeness (QED) is 0.685. The van der Waals surface area contributed by atoms with Crippen molar-refractivity contribution < 1.29 is 11.7 Å². The van der Waals surface area contributed by atoms with Gasteiger partial charge in [-0.1, -0.05) is 23.7 Å². The minimum absolute atomic E-state index is 0.150. The summed E-state index contributed by atoms with van der Waals surface area (Å²) < 4.78 is 35.5. The summed E-state index contributed by atoms with van der Waals surface area (Å²) in [5, 5.41) is 0.309. The number of hydrogen-bond donors (Lipinski definition) is 0. The van der Waals surface area contributed by atoms with E-state index in [0.29, 0.717) is 5.02 Å². The van der Waals surface area contributed by atoms with Gasteiger partial charge in [-0.2, -0.15) is 11.7 Å². The highest BCUT2D eigenvalue weighted by atomic mass is 35.5. The lowest BCUT2D eigenvalue weighted by molar-refractivity contribution is 0.874. The van der Waals surface area contributed by atoms with Crippen LogP contribution in [0.1, 0.15) is 5.56 Å². The summed E-state index contributed by atoms with van der Waals surface area (Å²) in [7, 11) is 0.